The number of halogens is 3. The molecule has 0 amide bonds. The average molecular weight is 499 g/mol. The molecule has 0 unspecified atom stereocenters. The highest BCUT2D eigenvalue weighted by molar-refractivity contribution is 7.89. The smallest absolute Gasteiger partial charge is 0.391 e. The number of oxime groups is 1. The second kappa shape index (κ2) is 10.3. The van der Waals surface area contributed by atoms with E-state index in [4.69, 9.17) is 9.57 Å². The topological polar surface area (TPSA) is 84.3 Å². The van der Waals surface area contributed by atoms with Crippen molar-refractivity contribution in [2.75, 3.05) is 44.3 Å². The van der Waals surface area contributed by atoms with Crippen LogP contribution in [0.2, 0.25) is 0 Å². The van der Waals surface area contributed by atoms with E-state index in [2.05, 4.69) is 10.1 Å². The fourth-order valence-corrected chi connectivity index (χ4v) is 5.15. The van der Waals surface area contributed by atoms with Gasteiger partial charge in [-0.2, -0.15) is 17.5 Å². The van der Waals surface area contributed by atoms with Crippen molar-refractivity contribution in [2.24, 2.45) is 5.16 Å². The van der Waals surface area contributed by atoms with Gasteiger partial charge in [0.2, 0.25) is 10.0 Å². The van der Waals surface area contributed by atoms with Crippen molar-refractivity contribution >= 4 is 21.6 Å². The molecule has 2 aliphatic heterocycles. The van der Waals surface area contributed by atoms with Crippen molar-refractivity contribution in [3.05, 3.63) is 53.7 Å². The predicted molar refractivity (Wildman–Crippen MR) is 119 cm³/mol. The Balaban J connectivity index is 1.31. The summed E-state index contributed by atoms with van der Waals surface area (Å²) in [4.78, 5) is 11.7. The van der Waals surface area contributed by atoms with Crippen molar-refractivity contribution in [3.8, 4) is 0 Å². The van der Waals surface area contributed by atoms with Crippen LogP contribution in [0.15, 0.2) is 52.6 Å². The van der Waals surface area contributed by atoms with Gasteiger partial charge in [0.25, 0.3) is 0 Å². The summed E-state index contributed by atoms with van der Waals surface area (Å²) in [5, 5.41) is 4.01. The number of alkyl halides is 3. The Kier molecular flexibility index (Phi) is 7.39. The number of anilines is 1. The van der Waals surface area contributed by atoms with E-state index in [1.54, 1.807) is 12.1 Å². The highest BCUT2D eigenvalue weighted by atomic mass is 32.2. The first-order chi connectivity index (χ1) is 16.2. The molecule has 1 aromatic carbocycles. The lowest BCUT2D eigenvalue weighted by molar-refractivity contribution is -0.137. The summed E-state index contributed by atoms with van der Waals surface area (Å²) in [6.45, 7) is 3.02. The highest BCUT2D eigenvalue weighted by Crippen LogP contribution is 2.29. The van der Waals surface area contributed by atoms with Crippen LogP contribution < -0.4 is 4.90 Å². The molecule has 3 heterocycles. The Hall–Kier alpha value is -2.70. The lowest BCUT2D eigenvalue weighted by Crippen LogP contribution is -2.39. The fourth-order valence-electron chi connectivity index (χ4n) is 3.77. The van der Waals surface area contributed by atoms with Crippen molar-refractivity contribution in [1.82, 2.24) is 9.29 Å². The molecule has 4 rings (SSSR count). The Morgan fingerprint density at radius 3 is 2.44 bits per heavy atom. The predicted octanol–water partition coefficient (Wildman–Crippen LogP) is 3.29. The highest BCUT2D eigenvalue weighted by Gasteiger charge is 2.31. The molecular formula is C22H25F3N4O4S. The average Bonchev–Trinajstić information content (AvgIpc) is 2.85. The minimum absolute atomic E-state index is 0.101. The molecule has 2 aromatic rings. The fraction of sp³-hybridized carbons (Fsp3) is 0.455. The molecule has 0 N–H and O–H groups in total. The third kappa shape index (κ3) is 5.86. The van der Waals surface area contributed by atoms with E-state index in [0.29, 0.717) is 56.2 Å². The second-order valence-corrected chi connectivity index (χ2v) is 9.92. The molecule has 0 spiro atoms. The number of morpholine rings is 1. The Labute approximate surface area is 196 Å². The zero-order valence-corrected chi connectivity index (χ0v) is 19.2. The van der Waals surface area contributed by atoms with Gasteiger partial charge in [-0.1, -0.05) is 17.3 Å². The molecule has 0 bridgehead atoms. The van der Waals surface area contributed by atoms with Gasteiger partial charge in [0.15, 0.2) is 0 Å². The van der Waals surface area contributed by atoms with Crippen LogP contribution in [0.3, 0.4) is 0 Å². The van der Waals surface area contributed by atoms with Crippen molar-refractivity contribution in [3.63, 3.8) is 0 Å². The first kappa shape index (κ1) is 24.4. The summed E-state index contributed by atoms with van der Waals surface area (Å²) in [7, 11) is -3.69. The van der Waals surface area contributed by atoms with E-state index < -0.39 is 21.8 Å². The quantitative estimate of drug-likeness (QED) is 0.569. The molecule has 2 aliphatic rings. The number of rotatable bonds is 6. The number of ether oxygens (including phenoxy) is 1. The third-order valence-corrected chi connectivity index (χ3v) is 7.55. The van der Waals surface area contributed by atoms with Crippen LogP contribution in [0.5, 0.6) is 0 Å². The Bertz CT molecular complexity index is 1110. The molecule has 0 saturated carbocycles. The summed E-state index contributed by atoms with van der Waals surface area (Å²) >= 11 is 0. The normalized spacial score (nSPS) is 18.1. The first-order valence-corrected chi connectivity index (χ1v) is 12.3. The molecular weight excluding hydrogens is 473 g/mol. The molecule has 34 heavy (non-hydrogen) atoms. The molecule has 0 aliphatic carbocycles. The number of nitrogens with zero attached hydrogens (tertiary/aromatic N) is 4. The van der Waals surface area contributed by atoms with Crippen molar-refractivity contribution in [1.29, 1.82) is 0 Å². The van der Waals surface area contributed by atoms with Crippen LogP contribution in [0.1, 0.15) is 24.0 Å². The molecule has 1 aromatic heterocycles. The van der Waals surface area contributed by atoms with E-state index in [-0.39, 0.29) is 24.6 Å². The third-order valence-electron chi connectivity index (χ3n) is 5.67. The van der Waals surface area contributed by atoms with Crippen molar-refractivity contribution in [2.45, 2.75) is 30.5 Å². The maximum Gasteiger partial charge on any atom is 0.416 e. The number of pyridine rings is 1. The number of sulfonamides is 1. The minimum atomic E-state index is -4.42. The van der Waals surface area contributed by atoms with Gasteiger partial charge in [-0.15, -0.1) is 0 Å². The SMILES string of the molecule is O=S(=O)(c1ccc(N2CCOCC2)nc1)N1CCC(=NOCc2cccc(C(F)(F)F)c2)CC1. The second-order valence-electron chi connectivity index (χ2n) is 7.98. The maximum absolute atomic E-state index is 13.0. The summed E-state index contributed by atoms with van der Waals surface area (Å²) in [6.07, 6.45) is -2.29. The number of aromatic nitrogens is 1. The van der Waals surface area contributed by atoms with Crippen LogP contribution in [0.4, 0.5) is 19.0 Å². The van der Waals surface area contributed by atoms with Crippen LogP contribution in [-0.4, -0.2) is 62.8 Å². The van der Waals surface area contributed by atoms with E-state index in [9.17, 15) is 21.6 Å². The van der Waals surface area contributed by atoms with E-state index in [1.165, 1.54) is 22.6 Å². The number of hydrogen-bond acceptors (Lipinski definition) is 7. The van der Waals surface area contributed by atoms with Crippen LogP contribution in [-0.2, 0) is 32.4 Å². The zero-order valence-electron chi connectivity index (χ0n) is 18.4. The molecule has 0 radical (unpaired) electrons. The summed E-state index contributed by atoms with van der Waals surface area (Å²) in [5.41, 5.74) is 0.277. The molecule has 2 fully saturated rings. The number of benzene rings is 1. The lowest BCUT2D eigenvalue weighted by atomic mass is 10.1. The van der Waals surface area contributed by atoms with Crippen LogP contribution in [0.25, 0.3) is 0 Å². The largest absolute Gasteiger partial charge is 0.416 e. The standard InChI is InChI=1S/C22H25F3N4O4S/c23-22(24,25)18-3-1-2-17(14-18)16-33-27-19-6-8-29(9-7-19)34(30,31)20-4-5-21(26-15-20)28-10-12-32-13-11-28/h1-5,14-15H,6-13,16H2. The van der Waals surface area contributed by atoms with Gasteiger partial charge in [-0.05, 0) is 29.8 Å². The van der Waals surface area contributed by atoms with Crippen molar-refractivity contribution < 1.29 is 31.2 Å². The monoisotopic (exact) mass is 498 g/mol. The van der Waals surface area contributed by atoms with Gasteiger partial charge < -0.3 is 14.5 Å². The van der Waals surface area contributed by atoms with Gasteiger partial charge in [-0.25, -0.2) is 13.4 Å². The lowest BCUT2D eigenvalue weighted by Gasteiger charge is -2.28. The maximum atomic E-state index is 13.0. The molecule has 8 nitrogen and oxygen atoms in total. The molecule has 184 valence electrons. The zero-order chi connectivity index (χ0) is 24.2. The van der Waals surface area contributed by atoms with Gasteiger partial charge in [-0.3, -0.25) is 0 Å². The first-order valence-electron chi connectivity index (χ1n) is 10.9. The van der Waals surface area contributed by atoms with Crippen LogP contribution in [0, 0.1) is 0 Å². The Morgan fingerprint density at radius 2 is 1.79 bits per heavy atom. The number of piperidine rings is 1. The molecule has 0 atom stereocenters. The van der Waals surface area contributed by atoms with Gasteiger partial charge in [0.05, 0.1) is 24.5 Å². The summed E-state index contributed by atoms with van der Waals surface area (Å²) < 4.78 is 71.1. The van der Waals surface area contributed by atoms with Gasteiger partial charge >= 0.3 is 6.18 Å². The summed E-state index contributed by atoms with van der Waals surface area (Å²) in [6, 6.07) is 8.14. The van der Waals surface area contributed by atoms with E-state index in [0.717, 1.165) is 12.1 Å². The van der Waals surface area contributed by atoms with Gasteiger partial charge in [0, 0.05) is 45.2 Å². The van der Waals surface area contributed by atoms with E-state index >= 15 is 0 Å². The minimum Gasteiger partial charge on any atom is -0.391 e. The Morgan fingerprint density at radius 1 is 1.06 bits per heavy atom. The van der Waals surface area contributed by atoms with Gasteiger partial charge in [0.1, 0.15) is 17.3 Å². The van der Waals surface area contributed by atoms with Crippen LogP contribution >= 0.6 is 0 Å². The van der Waals surface area contributed by atoms with E-state index in [1.807, 2.05) is 4.90 Å². The molecule has 2 saturated heterocycles. The summed E-state index contributed by atoms with van der Waals surface area (Å²) in [5.74, 6) is 0.716. The number of hydrogen-bond donors (Lipinski definition) is 0. The molecule has 12 heteroatoms.